The molecule has 17 heavy (non-hydrogen) atoms. The zero-order valence-electron chi connectivity index (χ0n) is 9.12. The summed E-state index contributed by atoms with van der Waals surface area (Å²) in [6.07, 6.45) is 2.83. The maximum atomic E-state index is 11.4. The Kier molecular flexibility index (Phi) is 3.00. The molecule has 0 fully saturated rings. The van der Waals surface area contributed by atoms with Crippen molar-refractivity contribution in [1.29, 1.82) is 0 Å². The molecule has 2 aromatic heterocycles. The lowest BCUT2D eigenvalue weighted by Crippen LogP contribution is -2.07. The van der Waals surface area contributed by atoms with Gasteiger partial charge in [0.15, 0.2) is 5.82 Å². The second-order valence-electron chi connectivity index (χ2n) is 3.39. The molecule has 2 aromatic rings. The van der Waals surface area contributed by atoms with Crippen LogP contribution in [0.1, 0.15) is 11.3 Å². The van der Waals surface area contributed by atoms with E-state index in [0.717, 1.165) is 0 Å². The molecule has 5 heteroatoms. The Hall–Kier alpha value is -2.43. The quantitative estimate of drug-likeness (QED) is 0.798. The van der Waals surface area contributed by atoms with E-state index in [1.54, 1.807) is 31.3 Å². The van der Waals surface area contributed by atoms with Gasteiger partial charge < -0.3 is 9.52 Å². The number of aromatic hydroxyl groups is 1. The van der Waals surface area contributed by atoms with Crippen molar-refractivity contribution in [3.63, 3.8) is 0 Å². The van der Waals surface area contributed by atoms with Crippen molar-refractivity contribution in [3.8, 4) is 5.75 Å². The molecule has 1 N–H and O–H groups in total. The van der Waals surface area contributed by atoms with E-state index in [0.29, 0.717) is 11.6 Å². The Morgan fingerprint density at radius 3 is 2.94 bits per heavy atom. The second-order valence-corrected chi connectivity index (χ2v) is 3.39. The second kappa shape index (κ2) is 4.61. The highest BCUT2D eigenvalue weighted by Gasteiger charge is 2.06. The number of pyridine rings is 1. The van der Waals surface area contributed by atoms with Crippen molar-refractivity contribution < 1.29 is 9.52 Å². The maximum absolute atomic E-state index is 11.4. The smallest absolute Gasteiger partial charge is 0.348 e. The molecule has 0 atom stereocenters. The molecular formula is C12H10N2O3. The van der Waals surface area contributed by atoms with E-state index >= 15 is 0 Å². The molecule has 0 aliphatic carbocycles. The third-order valence-electron chi connectivity index (χ3n) is 2.06. The first-order chi connectivity index (χ1) is 8.16. The summed E-state index contributed by atoms with van der Waals surface area (Å²) >= 11 is 0. The Balaban J connectivity index is 2.37. The van der Waals surface area contributed by atoms with Crippen LogP contribution in [0.25, 0.3) is 0 Å². The van der Waals surface area contributed by atoms with Crippen LogP contribution in [0.2, 0.25) is 0 Å². The molecule has 0 radical (unpaired) electrons. The fourth-order valence-corrected chi connectivity index (χ4v) is 1.29. The molecule has 86 valence electrons. The van der Waals surface area contributed by atoms with Gasteiger partial charge in [-0.2, -0.15) is 0 Å². The highest BCUT2D eigenvalue weighted by Crippen LogP contribution is 2.13. The van der Waals surface area contributed by atoms with Crippen molar-refractivity contribution >= 4 is 12.0 Å². The van der Waals surface area contributed by atoms with Gasteiger partial charge in [-0.1, -0.05) is 6.07 Å². The van der Waals surface area contributed by atoms with Crippen LogP contribution in [-0.2, 0) is 0 Å². The molecule has 0 bridgehead atoms. The minimum Gasteiger partial charge on any atom is -0.507 e. The van der Waals surface area contributed by atoms with Gasteiger partial charge in [-0.3, -0.25) is 0 Å². The van der Waals surface area contributed by atoms with Gasteiger partial charge in [0.25, 0.3) is 0 Å². The molecule has 0 aliphatic heterocycles. The lowest BCUT2D eigenvalue weighted by Gasteiger charge is -1.97. The largest absolute Gasteiger partial charge is 0.507 e. The number of aryl methyl sites for hydroxylation is 1. The first-order valence-electron chi connectivity index (χ1n) is 4.95. The number of aliphatic imine (C=N–C) groups is 1. The van der Waals surface area contributed by atoms with Gasteiger partial charge in [0.1, 0.15) is 17.1 Å². The standard InChI is InChI=1S/C12H10N2O3/c1-8-6-10(15)9(12(16)17-8)7-14-11-4-2-3-5-13-11/h2-7,15H,1H3/b14-7+. The Bertz CT molecular complexity index is 603. The Morgan fingerprint density at radius 2 is 2.29 bits per heavy atom. The van der Waals surface area contributed by atoms with Crippen LogP contribution in [0, 0.1) is 6.92 Å². The van der Waals surface area contributed by atoms with Crippen LogP contribution in [0.5, 0.6) is 5.75 Å². The first kappa shape index (κ1) is 11.1. The van der Waals surface area contributed by atoms with E-state index in [4.69, 9.17) is 4.42 Å². The third kappa shape index (κ3) is 2.57. The van der Waals surface area contributed by atoms with Crippen molar-refractivity contribution in [3.05, 3.63) is 52.2 Å². The number of hydrogen-bond donors (Lipinski definition) is 1. The topological polar surface area (TPSA) is 75.7 Å². The normalized spacial score (nSPS) is 10.9. The fourth-order valence-electron chi connectivity index (χ4n) is 1.29. The third-order valence-corrected chi connectivity index (χ3v) is 2.06. The van der Waals surface area contributed by atoms with Crippen molar-refractivity contribution in [2.75, 3.05) is 0 Å². The van der Waals surface area contributed by atoms with Crippen molar-refractivity contribution in [2.45, 2.75) is 6.92 Å². The molecule has 0 aliphatic rings. The van der Waals surface area contributed by atoms with Gasteiger partial charge in [0.2, 0.25) is 0 Å². The van der Waals surface area contributed by atoms with E-state index in [-0.39, 0.29) is 11.3 Å². The molecule has 2 heterocycles. The zero-order valence-corrected chi connectivity index (χ0v) is 9.12. The summed E-state index contributed by atoms with van der Waals surface area (Å²) in [7, 11) is 0. The molecular weight excluding hydrogens is 220 g/mol. The predicted molar refractivity (Wildman–Crippen MR) is 62.9 cm³/mol. The summed E-state index contributed by atoms with van der Waals surface area (Å²) in [6.45, 7) is 1.58. The average Bonchev–Trinajstić information content (AvgIpc) is 2.29. The van der Waals surface area contributed by atoms with E-state index in [1.165, 1.54) is 12.3 Å². The molecule has 2 rings (SSSR count). The molecule has 0 amide bonds. The van der Waals surface area contributed by atoms with Crippen LogP contribution in [-0.4, -0.2) is 16.3 Å². The number of aromatic nitrogens is 1. The van der Waals surface area contributed by atoms with Crippen LogP contribution < -0.4 is 5.63 Å². The number of hydrogen-bond acceptors (Lipinski definition) is 5. The molecule has 0 saturated heterocycles. The predicted octanol–water partition coefficient (Wildman–Crippen LogP) is 1.80. The van der Waals surface area contributed by atoms with Crippen LogP contribution in [0.3, 0.4) is 0 Å². The van der Waals surface area contributed by atoms with Crippen LogP contribution >= 0.6 is 0 Å². The molecule has 0 saturated carbocycles. The first-order valence-corrected chi connectivity index (χ1v) is 4.95. The summed E-state index contributed by atoms with van der Waals surface area (Å²) in [5.41, 5.74) is -0.608. The van der Waals surface area contributed by atoms with Gasteiger partial charge in [-0.25, -0.2) is 14.8 Å². The minimum atomic E-state index is -0.623. The van der Waals surface area contributed by atoms with Gasteiger partial charge in [0.05, 0.1) is 0 Å². The van der Waals surface area contributed by atoms with E-state index in [1.807, 2.05) is 0 Å². The van der Waals surface area contributed by atoms with Gasteiger partial charge in [0, 0.05) is 18.5 Å². The Morgan fingerprint density at radius 1 is 1.47 bits per heavy atom. The summed E-state index contributed by atoms with van der Waals surface area (Å²) in [6, 6.07) is 6.58. The van der Waals surface area contributed by atoms with E-state index < -0.39 is 5.63 Å². The SMILES string of the molecule is Cc1cc(O)c(/C=N/c2ccccn2)c(=O)o1. The average molecular weight is 230 g/mol. The molecule has 0 aromatic carbocycles. The summed E-state index contributed by atoms with van der Waals surface area (Å²) in [5.74, 6) is 0.646. The van der Waals surface area contributed by atoms with Gasteiger partial charge in [-0.15, -0.1) is 0 Å². The molecule has 0 unspecified atom stereocenters. The molecule has 0 spiro atoms. The fraction of sp³-hybridized carbons (Fsp3) is 0.0833. The van der Waals surface area contributed by atoms with Crippen LogP contribution in [0.4, 0.5) is 5.82 Å². The Labute approximate surface area is 97.1 Å². The zero-order chi connectivity index (χ0) is 12.3. The summed E-state index contributed by atoms with van der Waals surface area (Å²) in [5, 5.41) is 9.58. The molecule has 5 nitrogen and oxygen atoms in total. The highest BCUT2D eigenvalue weighted by molar-refractivity contribution is 5.84. The maximum Gasteiger partial charge on any atom is 0.348 e. The summed E-state index contributed by atoms with van der Waals surface area (Å²) < 4.78 is 4.85. The van der Waals surface area contributed by atoms with Crippen molar-refractivity contribution in [2.24, 2.45) is 4.99 Å². The lowest BCUT2D eigenvalue weighted by atomic mass is 10.2. The number of nitrogens with zero attached hydrogens (tertiary/aromatic N) is 2. The number of rotatable bonds is 2. The minimum absolute atomic E-state index is 0.0150. The monoisotopic (exact) mass is 230 g/mol. The van der Waals surface area contributed by atoms with Crippen molar-refractivity contribution in [1.82, 2.24) is 4.98 Å². The van der Waals surface area contributed by atoms with E-state index in [9.17, 15) is 9.90 Å². The lowest BCUT2D eigenvalue weighted by molar-refractivity contribution is 0.433. The summed E-state index contributed by atoms with van der Waals surface area (Å²) in [4.78, 5) is 19.4. The van der Waals surface area contributed by atoms with Gasteiger partial charge in [-0.05, 0) is 19.1 Å². The van der Waals surface area contributed by atoms with Crippen LogP contribution in [0.15, 0.2) is 44.7 Å². The van der Waals surface area contributed by atoms with Gasteiger partial charge >= 0.3 is 5.63 Å². The van der Waals surface area contributed by atoms with E-state index in [2.05, 4.69) is 9.98 Å². The highest BCUT2D eigenvalue weighted by atomic mass is 16.4.